The van der Waals surface area contributed by atoms with Gasteiger partial charge in [0.25, 0.3) is 6.43 Å². The second-order valence-electron chi connectivity index (χ2n) is 10.0. The Morgan fingerprint density at radius 2 is 1.95 bits per heavy atom. The Balaban J connectivity index is 1.66. The Morgan fingerprint density at radius 3 is 2.60 bits per heavy atom. The van der Waals surface area contributed by atoms with E-state index in [2.05, 4.69) is 10.1 Å². The number of nitrogens with two attached hydrogens (primary N) is 1. The van der Waals surface area contributed by atoms with Crippen molar-refractivity contribution in [3.05, 3.63) is 64.2 Å². The predicted molar refractivity (Wildman–Crippen MR) is 156 cm³/mol. The molecule has 0 aliphatic carbocycles. The van der Waals surface area contributed by atoms with Crippen molar-refractivity contribution in [1.29, 1.82) is 0 Å². The molecule has 3 aromatic rings. The van der Waals surface area contributed by atoms with E-state index in [1.807, 2.05) is 12.1 Å². The normalized spacial score (nSPS) is 24.3. The molecule has 2 heterocycles. The molecule has 2 aromatic carbocycles. The van der Waals surface area contributed by atoms with Gasteiger partial charge in [-0.05, 0) is 55.5 Å². The van der Waals surface area contributed by atoms with Crippen LogP contribution in [0.3, 0.4) is 0 Å². The highest BCUT2D eigenvalue weighted by atomic mass is 35.5. The van der Waals surface area contributed by atoms with Gasteiger partial charge < -0.3 is 29.4 Å². The molecule has 0 bridgehead atoms. The van der Waals surface area contributed by atoms with Gasteiger partial charge in [-0.2, -0.15) is 4.98 Å². The van der Waals surface area contributed by atoms with Crippen LogP contribution in [0, 0.1) is 0 Å². The molecular formula is C26H29ClF3N4O7PS. The van der Waals surface area contributed by atoms with Crippen LogP contribution in [0.4, 0.5) is 19.0 Å². The van der Waals surface area contributed by atoms with Gasteiger partial charge in [0.1, 0.15) is 23.7 Å². The van der Waals surface area contributed by atoms with Crippen molar-refractivity contribution < 1.29 is 41.6 Å². The van der Waals surface area contributed by atoms with Crippen LogP contribution < -0.4 is 21.0 Å². The fourth-order valence-corrected chi connectivity index (χ4v) is 6.82. The lowest BCUT2D eigenvalue weighted by Gasteiger charge is -2.34. The van der Waals surface area contributed by atoms with E-state index in [0.29, 0.717) is 4.57 Å². The Labute approximate surface area is 254 Å². The van der Waals surface area contributed by atoms with Gasteiger partial charge in [-0.3, -0.25) is 9.36 Å². The molecule has 0 radical (unpaired) electrons. The summed E-state index contributed by atoms with van der Waals surface area (Å²) in [6.45, 7) is -0.496. The van der Waals surface area contributed by atoms with Gasteiger partial charge in [0.05, 0.1) is 17.7 Å². The summed E-state index contributed by atoms with van der Waals surface area (Å²) in [5.41, 5.74) is 1.30. The van der Waals surface area contributed by atoms with Gasteiger partial charge in [0.15, 0.2) is 18.0 Å². The molecule has 0 saturated carbocycles. The minimum atomic E-state index is -3.95. The number of aliphatic hydroxyl groups is 1. The van der Waals surface area contributed by atoms with Crippen molar-refractivity contribution in [3.8, 4) is 5.75 Å². The number of alkyl halides is 3. The van der Waals surface area contributed by atoms with Crippen LogP contribution in [0.1, 0.15) is 27.0 Å². The standard InChI is InChI=1S/C26H29ClF3N4O7PS/c1-13(2)39-23(36)14(3)33-42(43,41-17-9-8-15-6-4-5-7-16(15)10-17)38-12-26(24(29)30)20(35)19(28)22(40-26)34-11-18(27)21(31)32-25(34)37/h4-11,13-14,19-20,22,24,35H,12H2,1-3H3,(H,33,43)(H2,31,32,37)/t14-,19+,20-,22+,26+,42?/m0/s1. The van der Waals surface area contributed by atoms with Crippen molar-refractivity contribution in [1.82, 2.24) is 14.6 Å². The molecule has 4 N–H and O–H groups in total. The van der Waals surface area contributed by atoms with Crippen LogP contribution in [0.5, 0.6) is 5.75 Å². The van der Waals surface area contributed by atoms with Crippen molar-refractivity contribution in [2.24, 2.45) is 0 Å². The average Bonchev–Trinajstić information content (AvgIpc) is 3.19. The Morgan fingerprint density at radius 1 is 1.28 bits per heavy atom. The first kappa shape index (κ1) is 33.1. The molecule has 0 amide bonds. The quantitative estimate of drug-likeness (QED) is 0.201. The maximum absolute atomic E-state index is 15.3. The number of ether oxygens (including phenoxy) is 2. The third kappa shape index (κ3) is 7.14. The number of nitrogen functional groups attached to an aromatic ring is 1. The molecule has 1 fully saturated rings. The fraction of sp³-hybridized carbons (Fsp3) is 0.423. The first-order chi connectivity index (χ1) is 20.2. The summed E-state index contributed by atoms with van der Waals surface area (Å²) in [6, 6.07) is 11.1. The van der Waals surface area contributed by atoms with E-state index in [4.69, 9.17) is 47.7 Å². The number of halogens is 4. The van der Waals surface area contributed by atoms with Gasteiger partial charge in [-0.15, -0.1) is 0 Å². The lowest BCUT2D eigenvalue weighted by Crippen LogP contribution is -2.52. The van der Waals surface area contributed by atoms with Gasteiger partial charge >= 0.3 is 18.3 Å². The summed E-state index contributed by atoms with van der Waals surface area (Å²) >= 11 is 11.5. The molecule has 17 heteroatoms. The molecule has 1 unspecified atom stereocenters. The van der Waals surface area contributed by atoms with Crippen LogP contribution in [0.2, 0.25) is 5.02 Å². The number of nitrogens with zero attached hydrogens (tertiary/aromatic N) is 2. The van der Waals surface area contributed by atoms with Crippen molar-refractivity contribution >= 4 is 52.6 Å². The van der Waals surface area contributed by atoms with E-state index in [1.165, 1.54) is 6.92 Å². The number of esters is 1. The number of fused-ring (bicyclic) bond motifs is 1. The number of nitrogens with one attached hydrogen (secondary N) is 1. The minimum absolute atomic E-state index is 0.174. The molecule has 4 rings (SSSR count). The molecule has 1 saturated heterocycles. The van der Waals surface area contributed by atoms with E-state index < -0.39 is 67.6 Å². The maximum Gasteiger partial charge on any atom is 0.351 e. The monoisotopic (exact) mass is 664 g/mol. The molecule has 0 spiro atoms. The molecule has 11 nitrogen and oxygen atoms in total. The summed E-state index contributed by atoms with van der Waals surface area (Å²) in [4.78, 5) is 28.3. The Hall–Kier alpha value is -2.78. The number of aliphatic hydroxyl groups excluding tert-OH is 1. The van der Waals surface area contributed by atoms with E-state index >= 15 is 4.39 Å². The van der Waals surface area contributed by atoms with E-state index in [1.54, 1.807) is 44.2 Å². The summed E-state index contributed by atoms with van der Waals surface area (Å²) in [7, 11) is 0. The number of carbonyl (C=O) groups excluding carboxylic acids is 1. The van der Waals surface area contributed by atoms with Crippen LogP contribution >= 0.6 is 18.2 Å². The van der Waals surface area contributed by atoms with Gasteiger partial charge in [0.2, 0.25) is 0 Å². The fourth-order valence-electron chi connectivity index (χ4n) is 4.26. The van der Waals surface area contributed by atoms with Crippen molar-refractivity contribution in [3.63, 3.8) is 0 Å². The lowest BCUT2D eigenvalue weighted by molar-refractivity contribution is -0.192. The lowest BCUT2D eigenvalue weighted by atomic mass is 9.97. The second kappa shape index (κ2) is 13.1. The third-order valence-corrected chi connectivity index (χ3v) is 9.23. The number of hydrogen-bond acceptors (Lipinski definition) is 10. The van der Waals surface area contributed by atoms with E-state index in [9.17, 15) is 23.5 Å². The van der Waals surface area contributed by atoms with E-state index in [0.717, 1.165) is 17.0 Å². The van der Waals surface area contributed by atoms with Gasteiger partial charge in [-0.25, -0.2) is 23.1 Å². The molecule has 1 aromatic heterocycles. The highest BCUT2D eigenvalue weighted by Crippen LogP contribution is 2.50. The van der Waals surface area contributed by atoms with Crippen molar-refractivity contribution in [2.75, 3.05) is 12.3 Å². The smallest absolute Gasteiger partial charge is 0.351 e. The first-order valence-electron chi connectivity index (χ1n) is 12.9. The summed E-state index contributed by atoms with van der Waals surface area (Å²) in [5.74, 6) is -0.928. The molecule has 43 heavy (non-hydrogen) atoms. The number of carbonyl (C=O) groups is 1. The molecular weight excluding hydrogens is 636 g/mol. The predicted octanol–water partition coefficient (Wildman–Crippen LogP) is 4.11. The van der Waals surface area contributed by atoms with Crippen LogP contribution in [0.25, 0.3) is 10.8 Å². The summed E-state index contributed by atoms with van der Waals surface area (Å²) in [6.07, 6.45) is -10.3. The maximum atomic E-state index is 15.3. The summed E-state index contributed by atoms with van der Waals surface area (Å²) < 4.78 is 67.3. The van der Waals surface area contributed by atoms with Gasteiger partial charge in [0, 0.05) is 6.20 Å². The Kier molecular flexibility index (Phi) is 10.1. The molecule has 1 aliphatic heterocycles. The van der Waals surface area contributed by atoms with Crippen LogP contribution in [-0.4, -0.2) is 63.7 Å². The second-order valence-corrected chi connectivity index (χ2v) is 13.6. The van der Waals surface area contributed by atoms with Gasteiger partial charge in [-0.1, -0.05) is 41.9 Å². The first-order valence-corrected chi connectivity index (χ1v) is 15.9. The minimum Gasteiger partial charge on any atom is -0.462 e. The number of hydrogen-bond donors (Lipinski definition) is 3. The summed E-state index contributed by atoms with van der Waals surface area (Å²) in [5, 5.41) is 14.7. The molecule has 6 atom stereocenters. The molecule has 1 aliphatic rings. The van der Waals surface area contributed by atoms with Crippen LogP contribution in [-0.2, 0) is 30.6 Å². The highest BCUT2D eigenvalue weighted by Gasteiger charge is 2.62. The number of benzene rings is 2. The van der Waals surface area contributed by atoms with Crippen molar-refractivity contribution in [2.45, 2.75) is 63.4 Å². The van der Waals surface area contributed by atoms with Crippen LogP contribution in [0.15, 0.2) is 53.5 Å². The number of anilines is 1. The largest absolute Gasteiger partial charge is 0.462 e. The number of rotatable bonds is 11. The zero-order valence-corrected chi connectivity index (χ0v) is 25.5. The number of aromatic nitrogens is 2. The SMILES string of the molecule is CC(C)OC(=O)[C@H](C)NP(=S)(OC[C@@]1(C(F)F)O[C@@H](n2cc(Cl)c(N)nc2=O)[C@H](F)[C@@H]1O)Oc1ccc2ccccc2c1. The third-order valence-electron chi connectivity index (χ3n) is 6.46. The zero-order chi connectivity index (χ0) is 31.7. The topological polar surface area (TPSA) is 147 Å². The highest BCUT2D eigenvalue weighted by molar-refractivity contribution is 8.09. The zero-order valence-electron chi connectivity index (χ0n) is 23.0. The van der Waals surface area contributed by atoms with E-state index in [-0.39, 0.29) is 16.6 Å². The molecule has 234 valence electrons. The average molecular weight is 665 g/mol. The Bertz CT molecular complexity index is 1600.